The first-order valence-corrected chi connectivity index (χ1v) is 10.2. The normalized spacial score (nSPS) is 15.9. The standard InChI is InChI=1S/C21H25N3O4S/c1-15(25)23(10-11-27-2)14-21(26)24-18(16-7-4-5-8-19(16)28-3)13-17(22-24)20-9-6-12-29-20/h4-9,12,18H,10-11,13-14H2,1-3H3. The molecule has 0 aliphatic carbocycles. The van der Waals surface area contributed by atoms with Crippen LogP contribution >= 0.6 is 11.3 Å². The minimum atomic E-state index is -0.285. The van der Waals surface area contributed by atoms with E-state index < -0.39 is 0 Å². The van der Waals surface area contributed by atoms with E-state index in [2.05, 4.69) is 5.10 Å². The number of hydrogen-bond acceptors (Lipinski definition) is 6. The summed E-state index contributed by atoms with van der Waals surface area (Å²) in [7, 11) is 3.18. The van der Waals surface area contributed by atoms with Crippen molar-refractivity contribution >= 4 is 28.9 Å². The highest BCUT2D eigenvalue weighted by molar-refractivity contribution is 7.12. The number of nitrogens with zero attached hydrogens (tertiary/aromatic N) is 3. The lowest BCUT2D eigenvalue weighted by atomic mass is 10.00. The van der Waals surface area contributed by atoms with Gasteiger partial charge in [0.1, 0.15) is 12.3 Å². The van der Waals surface area contributed by atoms with Gasteiger partial charge in [-0.05, 0) is 17.5 Å². The number of amides is 2. The minimum absolute atomic E-state index is 0.0500. The Hall–Kier alpha value is -2.71. The molecule has 0 fully saturated rings. The molecule has 0 N–H and O–H groups in total. The molecule has 1 aromatic heterocycles. The maximum absolute atomic E-state index is 13.2. The third-order valence-electron chi connectivity index (χ3n) is 4.81. The zero-order chi connectivity index (χ0) is 20.8. The Morgan fingerprint density at radius 1 is 1.24 bits per heavy atom. The first-order valence-electron chi connectivity index (χ1n) is 9.36. The van der Waals surface area contributed by atoms with Crippen molar-refractivity contribution in [2.45, 2.75) is 19.4 Å². The van der Waals surface area contributed by atoms with Crippen LogP contribution in [0.2, 0.25) is 0 Å². The lowest BCUT2D eigenvalue weighted by Gasteiger charge is -2.27. The van der Waals surface area contributed by atoms with Gasteiger partial charge in [0.2, 0.25) is 5.91 Å². The summed E-state index contributed by atoms with van der Waals surface area (Å²) < 4.78 is 10.6. The van der Waals surface area contributed by atoms with Crippen LogP contribution in [0.4, 0.5) is 0 Å². The molecule has 8 heteroatoms. The van der Waals surface area contributed by atoms with Crippen LogP contribution in [-0.4, -0.2) is 61.4 Å². The summed E-state index contributed by atoms with van der Waals surface area (Å²) in [6.45, 7) is 2.12. The molecule has 0 radical (unpaired) electrons. The summed E-state index contributed by atoms with van der Waals surface area (Å²) in [4.78, 5) is 27.6. The van der Waals surface area contributed by atoms with Gasteiger partial charge >= 0.3 is 0 Å². The van der Waals surface area contributed by atoms with Gasteiger partial charge in [0, 0.05) is 32.6 Å². The van der Waals surface area contributed by atoms with Gasteiger partial charge in [-0.15, -0.1) is 11.3 Å². The quantitative estimate of drug-likeness (QED) is 0.665. The summed E-state index contributed by atoms with van der Waals surface area (Å²) in [6.07, 6.45) is 0.588. The Bertz CT molecular complexity index is 882. The van der Waals surface area contributed by atoms with E-state index in [1.54, 1.807) is 25.6 Å². The average molecular weight is 416 g/mol. The summed E-state index contributed by atoms with van der Waals surface area (Å²) in [5, 5.41) is 8.13. The molecule has 7 nitrogen and oxygen atoms in total. The number of carbonyl (C=O) groups excluding carboxylic acids is 2. The van der Waals surface area contributed by atoms with Crippen molar-refractivity contribution in [3.05, 3.63) is 52.2 Å². The second kappa shape index (κ2) is 9.67. The summed E-state index contributed by atoms with van der Waals surface area (Å²) in [5.41, 5.74) is 1.75. The van der Waals surface area contributed by atoms with Crippen molar-refractivity contribution in [1.29, 1.82) is 0 Å². The lowest BCUT2D eigenvalue weighted by molar-refractivity contribution is -0.141. The Morgan fingerprint density at radius 3 is 2.69 bits per heavy atom. The molecule has 1 unspecified atom stereocenters. The van der Waals surface area contributed by atoms with E-state index in [1.807, 2.05) is 41.8 Å². The molecule has 0 saturated heterocycles. The zero-order valence-electron chi connectivity index (χ0n) is 16.8. The highest BCUT2D eigenvalue weighted by atomic mass is 32.1. The summed E-state index contributed by atoms with van der Waals surface area (Å²) >= 11 is 1.59. The average Bonchev–Trinajstić information content (AvgIpc) is 3.40. The van der Waals surface area contributed by atoms with Crippen LogP contribution in [0.1, 0.15) is 29.8 Å². The van der Waals surface area contributed by atoms with Gasteiger partial charge in [0.25, 0.3) is 5.91 Å². The van der Waals surface area contributed by atoms with Gasteiger partial charge in [-0.3, -0.25) is 9.59 Å². The van der Waals surface area contributed by atoms with Crippen LogP contribution in [0.5, 0.6) is 5.75 Å². The number of hydrazone groups is 1. The molecule has 2 heterocycles. The van der Waals surface area contributed by atoms with E-state index in [1.165, 1.54) is 16.8 Å². The fourth-order valence-electron chi connectivity index (χ4n) is 3.30. The smallest absolute Gasteiger partial charge is 0.262 e. The molecule has 0 bridgehead atoms. The predicted molar refractivity (Wildman–Crippen MR) is 112 cm³/mol. The van der Waals surface area contributed by atoms with Crippen LogP contribution in [0.3, 0.4) is 0 Å². The molecular weight excluding hydrogens is 390 g/mol. The van der Waals surface area contributed by atoms with Crippen molar-refractivity contribution < 1.29 is 19.1 Å². The zero-order valence-corrected chi connectivity index (χ0v) is 17.6. The van der Waals surface area contributed by atoms with Crippen molar-refractivity contribution in [3.63, 3.8) is 0 Å². The second-order valence-electron chi connectivity index (χ2n) is 6.66. The minimum Gasteiger partial charge on any atom is -0.496 e. The molecule has 29 heavy (non-hydrogen) atoms. The molecule has 1 aliphatic rings. The van der Waals surface area contributed by atoms with Crippen LogP contribution in [0.15, 0.2) is 46.9 Å². The van der Waals surface area contributed by atoms with E-state index in [0.717, 1.165) is 16.2 Å². The van der Waals surface area contributed by atoms with Crippen molar-refractivity contribution in [1.82, 2.24) is 9.91 Å². The number of hydrogen-bond donors (Lipinski definition) is 0. The summed E-state index contributed by atoms with van der Waals surface area (Å²) in [5.74, 6) is 0.297. The Kier molecular flexibility index (Phi) is 7.00. The fourth-order valence-corrected chi connectivity index (χ4v) is 4.02. The number of thiophene rings is 1. The molecule has 0 saturated carbocycles. The highest BCUT2D eigenvalue weighted by Crippen LogP contribution is 2.38. The van der Waals surface area contributed by atoms with Gasteiger partial charge in [-0.25, -0.2) is 5.01 Å². The van der Waals surface area contributed by atoms with Crippen molar-refractivity contribution in [3.8, 4) is 5.75 Å². The molecule has 154 valence electrons. The van der Waals surface area contributed by atoms with Crippen LogP contribution < -0.4 is 4.74 Å². The van der Waals surface area contributed by atoms with Gasteiger partial charge in [-0.2, -0.15) is 5.10 Å². The van der Waals surface area contributed by atoms with E-state index in [4.69, 9.17) is 9.47 Å². The molecule has 0 spiro atoms. The SMILES string of the molecule is COCCN(CC(=O)N1N=C(c2cccs2)CC1c1ccccc1OC)C(C)=O. The summed E-state index contributed by atoms with van der Waals surface area (Å²) in [6, 6.07) is 11.3. The maximum Gasteiger partial charge on any atom is 0.262 e. The van der Waals surface area contributed by atoms with Gasteiger partial charge < -0.3 is 14.4 Å². The van der Waals surface area contributed by atoms with E-state index >= 15 is 0 Å². The maximum atomic E-state index is 13.2. The van der Waals surface area contributed by atoms with Gasteiger partial charge in [-0.1, -0.05) is 24.3 Å². The van der Waals surface area contributed by atoms with E-state index in [-0.39, 0.29) is 24.4 Å². The van der Waals surface area contributed by atoms with Crippen LogP contribution in [0, 0.1) is 0 Å². The fraction of sp³-hybridized carbons (Fsp3) is 0.381. The highest BCUT2D eigenvalue weighted by Gasteiger charge is 2.35. The van der Waals surface area contributed by atoms with E-state index in [0.29, 0.717) is 25.3 Å². The van der Waals surface area contributed by atoms with Gasteiger partial charge in [0.05, 0.1) is 30.3 Å². The number of para-hydroxylation sites is 1. The molecule has 2 aromatic rings. The first-order chi connectivity index (χ1) is 14.0. The third-order valence-corrected chi connectivity index (χ3v) is 5.73. The third kappa shape index (κ3) is 4.83. The number of rotatable bonds is 8. The Balaban J connectivity index is 1.89. The largest absolute Gasteiger partial charge is 0.496 e. The Morgan fingerprint density at radius 2 is 2.03 bits per heavy atom. The number of ether oxygens (including phenoxy) is 2. The van der Waals surface area contributed by atoms with Crippen LogP contribution in [-0.2, 0) is 14.3 Å². The van der Waals surface area contributed by atoms with Gasteiger partial charge in [0.15, 0.2) is 0 Å². The molecule has 1 aliphatic heterocycles. The van der Waals surface area contributed by atoms with Crippen LogP contribution in [0.25, 0.3) is 0 Å². The molecule has 3 rings (SSSR count). The first kappa shape index (κ1) is 21.0. The molecule has 1 aromatic carbocycles. The second-order valence-corrected chi connectivity index (χ2v) is 7.61. The molecule has 1 atom stereocenters. The number of methoxy groups -OCH3 is 2. The molecule has 2 amide bonds. The number of benzene rings is 1. The monoisotopic (exact) mass is 415 g/mol. The van der Waals surface area contributed by atoms with Crippen molar-refractivity contribution in [2.24, 2.45) is 5.10 Å². The lowest BCUT2D eigenvalue weighted by Crippen LogP contribution is -2.41. The van der Waals surface area contributed by atoms with Crippen molar-refractivity contribution in [2.75, 3.05) is 33.9 Å². The predicted octanol–water partition coefficient (Wildman–Crippen LogP) is 2.93. The van der Waals surface area contributed by atoms with E-state index in [9.17, 15) is 9.59 Å². The number of carbonyl (C=O) groups is 2. The topological polar surface area (TPSA) is 71.4 Å². The molecular formula is C21H25N3O4S. The Labute approximate surface area is 174 Å².